The molecule has 0 aliphatic heterocycles. The van der Waals surface area contributed by atoms with Crippen molar-refractivity contribution in [2.45, 2.75) is 33.4 Å². The molecular weight excluding hydrogens is 461 g/mol. The maximum Gasteiger partial charge on any atom is 0.264 e. The van der Waals surface area contributed by atoms with Gasteiger partial charge in [-0.3, -0.25) is 9.48 Å². The molecule has 7 nitrogen and oxygen atoms in total. The molecular formula is C21H18Cl2F2N6O. The van der Waals surface area contributed by atoms with Gasteiger partial charge in [-0.15, -0.1) is 0 Å². The molecule has 1 N–H and O–H groups in total. The number of alkyl halides is 2. The van der Waals surface area contributed by atoms with Crippen LogP contribution < -0.4 is 5.32 Å². The number of nitrogens with one attached hydrogen (secondary N) is 1. The second-order valence-corrected chi connectivity index (χ2v) is 8.10. The van der Waals surface area contributed by atoms with Crippen molar-refractivity contribution < 1.29 is 13.6 Å². The van der Waals surface area contributed by atoms with E-state index in [2.05, 4.69) is 20.5 Å². The largest absolute Gasteiger partial charge is 0.308 e. The zero-order chi connectivity index (χ0) is 23.0. The van der Waals surface area contributed by atoms with Crippen LogP contribution >= 0.6 is 23.2 Å². The molecule has 0 atom stereocenters. The van der Waals surface area contributed by atoms with E-state index in [1.807, 2.05) is 6.07 Å². The van der Waals surface area contributed by atoms with Gasteiger partial charge in [0.25, 0.3) is 6.43 Å². The zero-order valence-corrected chi connectivity index (χ0v) is 18.6. The van der Waals surface area contributed by atoms with Crippen molar-refractivity contribution in [3.63, 3.8) is 0 Å². The summed E-state index contributed by atoms with van der Waals surface area (Å²) in [7, 11) is 0. The van der Waals surface area contributed by atoms with E-state index in [0.717, 1.165) is 5.56 Å². The van der Waals surface area contributed by atoms with Gasteiger partial charge in [0, 0.05) is 23.5 Å². The number of amides is 1. The van der Waals surface area contributed by atoms with Crippen molar-refractivity contribution in [2.24, 2.45) is 0 Å². The maximum absolute atomic E-state index is 13.4. The number of anilines is 1. The molecule has 0 unspecified atom stereocenters. The molecule has 4 aromatic rings. The summed E-state index contributed by atoms with van der Waals surface area (Å²) in [5, 5.41) is 12.4. The average molecular weight is 479 g/mol. The SMILES string of the molecule is Cc1cc(C(F)F)c2c(C)nn(CC(=O)Nc3ccn(Cc4ccc(Cl)c(Cl)c4)n3)c2n1. The highest BCUT2D eigenvalue weighted by Crippen LogP contribution is 2.30. The van der Waals surface area contributed by atoms with Crippen molar-refractivity contribution in [3.8, 4) is 0 Å². The van der Waals surface area contributed by atoms with Gasteiger partial charge < -0.3 is 5.32 Å². The van der Waals surface area contributed by atoms with Crippen LogP contribution in [-0.4, -0.2) is 30.5 Å². The first-order valence-electron chi connectivity index (χ1n) is 9.61. The quantitative estimate of drug-likeness (QED) is 0.414. The van der Waals surface area contributed by atoms with E-state index in [9.17, 15) is 13.6 Å². The van der Waals surface area contributed by atoms with Gasteiger partial charge in [0.1, 0.15) is 6.54 Å². The van der Waals surface area contributed by atoms with E-state index >= 15 is 0 Å². The number of aryl methyl sites for hydroxylation is 2. The normalized spacial score (nSPS) is 11.5. The summed E-state index contributed by atoms with van der Waals surface area (Å²) in [6.07, 6.45) is -0.949. The second kappa shape index (κ2) is 8.84. The van der Waals surface area contributed by atoms with Crippen LogP contribution in [0.5, 0.6) is 0 Å². The predicted molar refractivity (Wildman–Crippen MR) is 118 cm³/mol. The van der Waals surface area contributed by atoms with Crippen molar-refractivity contribution in [3.05, 3.63) is 69.1 Å². The number of hydrogen-bond acceptors (Lipinski definition) is 4. The van der Waals surface area contributed by atoms with Crippen LogP contribution in [0.15, 0.2) is 36.5 Å². The van der Waals surface area contributed by atoms with E-state index in [1.54, 1.807) is 42.9 Å². The fraction of sp³-hybridized carbons (Fsp3) is 0.238. The molecule has 3 heterocycles. The first kappa shape index (κ1) is 22.2. The molecule has 4 rings (SSSR count). The second-order valence-electron chi connectivity index (χ2n) is 7.29. The van der Waals surface area contributed by atoms with Crippen LogP contribution in [0, 0.1) is 13.8 Å². The number of rotatable bonds is 6. The molecule has 1 aromatic carbocycles. The first-order valence-corrected chi connectivity index (χ1v) is 10.4. The van der Waals surface area contributed by atoms with E-state index in [0.29, 0.717) is 33.8 Å². The molecule has 3 aromatic heterocycles. The lowest BCUT2D eigenvalue weighted by atomic mass is 10.1. The van der Waals surface area contributed by atoms with Gasteiger partial charge in [0.05, 0.1) is 27.7 Å². The van der Waals surface area contributed by atoms with Crippen LogP contribution in [0.4, 0.5) is 14.6 Å². The highest BCUT2D eigenvalue weighted by Gasteiger charge is 2.20. The van der Waals surface area contributed by atoms with Crippen LogP contribution in [0.2, 0.25) is 10.0 Å². The highest BCUT2D eigenvalue weighted by molar-refractivity contribution is 6.42. The van der Waals surface area contributed by atoms with Gasteiger partial charge in [-0.1, -0.05) is 29.3 Å². The summed E-state index contributed by atoms with van der Waals surface area (Å²) < 4.78 is 29.9. The summed E-state index contributed by atoms with van der Waals surface area (Å²) >= 11 is 12.0. The fourth-order valence-corrected chi connectivity index (χ4v) is 3.78. The van der Waals surface area contributed by atoms with E-state index in [4.69, 9.17) is 23.2 Å². The number of benzene rings is 1. The third-order valence-electron chi connectivity index (χ3n) is 4.80. The maximum atomic E-state index is 13.4. The summed E-state index contributed by atoms with van der Waals surface area (Å²) in [6.45, 7) is 3.49. The fourth-order valence-electron chi connectivity index (χ4n) is 3.46. The molecule has 32 heavy (non-hydrogen) atoms. The van der Waals surface area contributed by atoms with Gasteiger partial charge in [0.15, 0.2) is 11.5 Å². The Labute approximate surface area is 192 Å². The molecule has 166 valence electrons. The molecule has 1 amide bonds. The van der Waals surface area contributed by atoms with Crippen molar-refractivity contribution in [1.82, 2.24) is 24.5 Å². The monoisotopic (exact) mass is 478 g/mol. The van der Waals surface area contributed by atoms with E-state index in [-0.39, 0.29) is 23.1 Å². The topological polar surface area (TPSA) is 77.6 Å². The minimum atomic E-state index is -2.66. The van der Waals surface area contributed by atoms with Gasteiger partial charge in [-0.05, 0) is 37.6 Å². The van der Waals surface area contributed by atoms with Crippen molar-refractivity contribution >= 4 is 46.0 Å². The average Bonchev–Trinajstić information content (AvgIpc) is 3.28. The van der Waals surface area contributed by atoms with Crippen LogP contribution in [-0.2, 0) is 17.9 Å². The third-order valence-corrected chi connectivity index (χ3v) is 5.54. The highest BCUT2D eigenvalue weighted by atomic mass is 35.5. The summed E-state index contributed by atoms with van der Waals surface area (Å²) in [5.41, 5.74) is 1.82. The van der Waals surface area contributed by atoms with Gasteiger partial charge in [-0.25, -0.2) is 18.4 Å². The number of halogens is 4. The Hall–Kier alpha value is -3.04. The molecule has 0 saturated carbocycles. The number of carbonyl (C=O) groups excluding carboxylic acids is 1. The smallest absolute Gasteiger partial charge is 0.264 e. The third kappa shape index (κ3) is 4.58. The predicted octanol–water partition coefficient (Wildman–Crippen LogP) is 5.18. The summed E-state index contributed by atoms with van der Waals surface area (Å²) in [6, 6.07) is 8.28. The Morgan fingerprint density at radius 3 is 2.62 bits per heavy atom. The van der Waals surface area contributed by atoms with Crippen LogP contribution in [0.25, 0.3) is 11.0 Å². The molecule has 0 spiro atoms. The standard InChI is InChI=1S/C21H18Cl2F2N6O/c1-11-7-14(20(24)25)19-12(2)28-31(21(19)26-11)10-18(32)27-17-5-6-30(29-17)9-13-3-4-15(22)16(23)8-13/h3-8,20H,9-10H2,1-2H3,(H,27,29,32). The van der Waals surface area contributed by atoms with Crippen molar-refractivity contribution in [1.29, 1.82) is 0 Å². The van der Waals surface area contributed by atoms with E-state index < -0.39 is 12.3 Å². The number of carbonyl (C=O) groups is 1. The Morgan fingerprint density at radius 2 is 1.91 bits per heavy atom. The molecule has 0 aliphatic carbocycles. The number of hydrogen-bond donors (Lipinski definition) is 1. The first-order chi connectivity index (χ1) is 15.2. The lowest BCUT2D eigenvalue weighted by Crippen LogP contribution is -2.20. The lowest BCUT2D eigenvalue weighted by Gasteiger charge is -2.07. The molecule has 0 saturated heterocycles. The zero-order valence-electron chi connectivity index (χ0n) is 17.1. The number of nitrogens with zero attached hydrogens (tertiary/aromatic N) is 5. The van der Waals surface area contributed by atoms with Gasteiger partial charge in [-0.2, -0.15) is 10.2 Å². The van der Waals surface area contributed by atoms with E-state index in [1.165, 1.54) is 10.7 Å². The van der Waals surface area contributed by atoms with Gasteiger partial charge >= 0.3 is 0 Å². The van der Waals surface area contributed by atoms with Crippen LogP contribution in [0.1, 0.15) is 28.9 Å². The molecule has 0 bridgehead atoms. The Kier molecular flexibility index (Phi) is 6.12. The summed E-state index contributed by atoms with van der Waals surface area (Å²) in [4.78, 5) is 16.9. The van der Waals surface area contributed by atoms with Crippen molar-refractivity contribution in [2.75, 3.05) is 5.32 Å². The molecule has 0 aliphatic rings. The number of aromatic nitrogens is 5. The number of fused-ring (bicyclic) bond motifs is 1. The van der Waals surface area contributed by atoms with Gasteiger partial charge in [0.2, 0.25) is 5.91 Å². The molecule has 0 fully saturated rings. The number of pyridine rings is 1. The Morgan fingerprint density at radius 1 is 1.12 bits per heavy atom. The summed E-state index contributed by atoms with van der Waals surface area (Å²) in [5.74, 6) is -0.0586. The van der Waals surface area contributed by atoms with Crippen LogP contribution in [0.3, 0.4) is 0 Å². The minimum Gasteiger partial charge on any atom is -0.308 e. The Balaban J connectivity index is 1.49. The minimum absolute atomic E-state index is 0.141. The Bertz CT molecular complexity index is 1320. The lowest BCUT2D eigenvalue weighted by molar-refractivity contribution is -0.116. The molecule has 0 radical (unpaired) electrons. The molecule has 11 heteroatoms.